The minimum Gasteiger partial charge on any atom is -0.314 e. The molecule has 0 spiro atoms. The highest BCUT2D eigenvalue weighted by molar-refractivity contribution is 7.89. The fourth-order valence-electron chi connectivity index (χ4n) is 2.63. The molecular weight excluding hydrogens is 288 g/mol. The van der Waals surface area contributed by atoms with Crippen LogP contribution < -0.4 is 10.0 Å². The van der Waals surface area contributed by atoms with Crippen molar-refractivity contribution in [1.82, 2.24) is 19.8 Å². The molecule has 2 aliphatic rings. The van der Waals surface area contributed by atoms with Gasteiger partial charge in [0.15, 0.2) is 0 Å². The summed E-state index contributed by atoms with van der Waals surface area (Å²) in [7, 11) is -3.44. The number of rotatable bonds is 8. The predicted octanol–water partition coefficient (Wildman–Crippen LogP) is 1.25. The van der Waals surface area contributed by atoms with Crippen LogP contribution in [-0.4, -0.2) is 36.3 Å². The maximum atomic E-state index is 12.3. The topological polar surface area (TPSA) is 76.0 Å². The van der Waals surface area contributed by atoms with Crippen LogP contribution in [0.3, 0.4) is 0 Å². The molecule has 118 valence electrons. The first-order chi connectivity index (χ1) is 9.97. The molecule has 6 nitrogen and oxygen atoms in total. The van der Waals surface area contributed by atoms with Crippen LogP contribution in [0, 0.1) is 0 Å². The Labute approximate surface area is 126 Å². The molecule has 2 fully saturated rings. The van der Waals surface area contributed by atoms with Gasteiger partial charge >= 0.3 is 0 Å². The van der Waals surface area contributed by atoms with Gasteiger partial charge in [-0.3, -0.25) is 4.68 Å². The summed E-state index contributed by atoms with van der Waals surface area (Å²) in [4.78, 5) is 0.269. The van der Waals surface area contributed by atoms with Crippen LogP contribution in [0.15, 0.2) is 17.3 Å². The van der Waals surface area contributed by atoms with Gasteiger partial charge in [0.2, 0.25) is 10.0 Å². The average Bonchev–Trinajstić information content (AvgIpc) is 3.08. The highest BCUT2D eigenvalue weighted by Gasteiger charge is 2.36. The van der Waals surface area contributed by atoms with E-state index in [1.165, 1.54) is 19.0 Å². The highest BCUT2D eigenvalue weighted by Crippen LogP contribution is 2.32. The van der Waals surface area contributed by atoms with Crippen LogP contribution in [0.2, 0.25) is 0 Å². The average molecular weight is 312 g/mol. The number of aryl methyl sites for hydroxylation is 1. The van der Waals surface area contributed by atoms with E-state index in [1.807, 2.05) is 6.92 Å². The van der Waals surface area contributed by atoms with E-state index in [0.717, 1.165) is 38.8 Å². The minimum atomic E-state index is -3.44. The normalized spacial score (nSPS) is 21.2. The molecule has 0 radical (unpaired) electrons. The van der Waals surface area contributed by atoms with Crippen molar-refractivity contribution in [2.24, 2.45) is 0 Å². The lowest BCUT2D eigenvalue weighted by Gasteiger charge is -2.38. The molecule has 1 heterocycles. The zero-order valence-electron chi connectivity index (χ0n) is 12.5. The Morgan fingerprint density at radius 2 is 2.19 bits per heavy atom. The lowest BCUT2D eigenvalue weighted by Crippen LogP contribution is -2.50. The zero-order valence-corrected chi connectivity index (χ0v) is 13.3. The maximum absolute atomic E-state index is 12.3. The van der Waals surface area contributed by atoms with Gasteiger partial charge in [-0.2, -0.15) is 5.10 Å². The van der Waals surface area contributed by atoms with Crippen LogP contribution in [-0.2, 0) is 16.6 Å². The first-order valence-electron chi connectivity index (χ1n) is 7.77. The van der Waals surface area contributed by atoms with Crippen molar-refractivity contribution in [3.63, 3.8) is 0 Å². The molecule has 0 unspecified atom stereocenters. The summed E-state index contributed by atoms with van der Waals surface area (Å²) in [6.45, 7) is 3.66. The van der Waals surface area contributed by atoms with Crippen LogP contribution in [0.1, 0.15) is 45.4 Å². The van der Waals surface area contributed by atoms with E-state index in [4.69, 9.17) is 0 Å². The van der Waals surface area contributed by atoms with Crippen molar-refractivity contribution in [2.75, 3.05) is 6.54 Å². The molecule has 0 saturated heterocycles. The second kappa shape index (κ2) is 5.70. The molecule has 3 rings (SSSR count). The monoisotopic (exact) mass is 312 g/mol. The van der Waals surface area contributed by atoms with Crippen LogP contribution in [0.4, 0.5) is 0 Å². The number of aromatic nitrogens is 2. The van der Waals surface area contributed by atoms with Gasteiger partial charge in [-0.25, -0.2) is 13.1 Å². The first-order valence-corrected chi connectivity index (χ1v) is 9.25. The minimum absolute atomic E-state index is 0.269. The first kappa shape index (κ1) is 15.0. The van der Waals surface area contributed by atoms with Crippen molar-refractivity contribution >= 4 is 10.0 Å². The van der Waals surface area contributed by atoms with E-state index >= 15 is 0 Å². The molecule has 0 bridgehead atoms. The molecule has 1 aromatic rings. The quantitative estimate of drug-likeness (QED) is 0.708. The molecule has 7 heteroatoms. The Balaban J connectivity index is 1.52. The molecular formula is C14H24N4O2S. The fraction of sp³-hybridized carbons (Fsp3) is 0.786. The molecule has 0 atom stereocenters. The number of nitrogens with zero attached hydrogens (tertiary/aromatic N) is 2. The number of hydrogen-bond donors (Lipinski definition) is 2. The van der Waals surface area contributed by atoms with E-state index in [9.17, 15) is 8.42 Å². The number of nitrogens with one attached hydrogen (secondary N) is 2. The van der Waals surface area contributed by atoms with Crippen LogP contribution >= 0.6 is 0 Å². The molecule has 1 aromatic heterocycles. The van der Waals surface area contributed by atoms with Crippen LogP contribution in [0.5, 0.6) is 0 Å². The number of hydrogen-bond acceptors (Lipinski definition) is 4. The van der Waals surface area contributed by atoms with Gasteiger partial charge in [0.1, 0.15) is 4.90 Å². The standard InChI is InChI=1S/C14H24N4O2S/c1-14(6-2-7-14)17-21(19,20)13-10-16-18(11-13)9-3-8-15-12-4-5-12/h10-12,15,17H,2-9H2,1H3. The van der Waals surface area contributed by atoms with E-state index < -0.39 is 10.0 Å². The van der Waals surface area contributed by atoms with E-state index in [0.29, 0.717) is 6.04 Å². The van der Waals surface area contributed by atoms with Gasteiger partial charge < -0.3 is 5.32 Å². The fourth-order valence-corrected chi connectivity index (χ4v) is 4.05. The molecule has 0 amide bonds. The lowest BCUT2D eigenvalue weighted by molar-refractivity contribution is 0.248. The van der Waals surface area contributed by atoms with Crippen molar-refractivity contribution in [1.29, 1.82) is 0 Å². The second-order valence-electron chi connectivity index (χ2n) is 6.54. The smallest absolute Gasteiger partial charge is 0.244 e. The van der Waals surface area contributed by atoms with Gasteiger partial charge in [0.25, 0.3) is 0 Å². The van der Waals surface area contributed by atoms with Gasteiger partial charge in [0.05, 0.1) is 6.20 Å². The Bertz CT molecular complexity index is 588. The summed E-state index contributed by atoms with van der Waals surface area (Å²) >= 11 is 0. The summed E-state index contributed by atoms with van der Waals surface area (Å²) < 4.78 is 29.1. The maximum Gasteiger partial charge on any atom is 0.244 e. The van der Waals surface area contributed by atoms with Crippen LogP contribution in [0.25, 0.3) is 0 Å². The second-order valence-corrected chi connectivity index (χ2v) is 8.22. The molecule has 0 aliphatic heterocycles. The van der Waals surface area contributed by atoms with Gasteiger partial charge in [-0.05, 0) is 52.0 Å². The highest BCUT2D eigenvalue weighted by atomic mass is 32.2. The Morgan fingerprint density at radius 1 is 1.43 bits per heavy atom. The molecule has 2 N–H and O–H groups in total. The summed E-state index contributed by atoms with van der Waals surface area (Å²) in [6, 6.07) is 0.714. The third-order valence-electron chi connectivity index (χ3n) is 4.33. The summed E-state index contributed by atoms with van der Waals surface area (Å²) in [6.07, 6.45) is 9.51. The van der Waals surface area contributed by atoms with Crippen molar-refractivity contribution in [3.05, 3.63) is 12.4 Å². The SMILES string of the molecule is CC1(NS(=O)(=O)c2cnn(CCCNC3CC3)c2)CCC1. The third kappa shape index (κ3) is 3.84. The Morgan fingerprint density at radius 3 is 2.81 bits per heavy atom. The zero-order chi connectivity index (χ0) is 14.9. The molecule has 2 aliphatic carbocycles. The Hall–Kier alpha value is -0.920. The van der Waals surface area contributed by atoms with Crippen molar-refractivity contribution < 1.29 is 8.42 Å². The van der Waals surface area contributed by atoms with E-state index in [2.05, 4.69) is 15.1 Å². The Kier molecular flexibility index (Phi) is 4.07. The summed E-state index contributed by atoms with van der Waals surface area (Å²) in [5.41, 5.74) is -0.269. The third-order valence-corrected chi connectivity index (χ3v) is 5.93. The predicted molar refractivity (Wildman–Crippen MR) is 80.4 cm³/mol. The lowest BCUT2D eigenvalue weighted by atomic mass is 9.80. The molecule has 0 aromatic carbocycles. The largest absolute Gasteiger partial charge is 0.314 e. The van der Waals surface area contributed by atoms with Gasteiger partial charge in [-0.1, -0.05) is 0 Å². The van der Waals surface area contributed by atoms with Crippen molar-refractivity contribution in [2.45, 2.75) is 68.5 Å². The summed E-state index contributed by atoms with van der Waals surface area (Å²) in [5.74, 6) is 0. The van der Waals surface area contributed by atoms with E-state index in [-0.39, 0.29) is 10.4 Å². The van der Waals surface area contributed by atoms with E-state index in [1.54, 1.807) is 10.9 Å². The van der Waals surface area contributed by atoms with Gasteiger partial charge in [0, 0.05) is 24.3 Å². The number of sulfonamides is 1. The summed E-state index contributed by atoms with van der Waals surface area (Å²) in [5, 5.41) is 7.60. The molecule has 2 saturated carbocycles. The molecule has 21 heavy (non-hydrogen) atoms. The van der Waals surface area contributed by atoms with Crippen molar-refractivity contribution in [3.8, 4) is 0 Å². The van der Waals surface area contributed by atoms with Gasteiger partial charge in [-0.15, -0.1) is 0 Å².